The zero-order chi connectivity index (χ0) is 18.4. The number of amides is 2. The Morgan fingerprint density at radius 2 is 1.59 bits per heavy atom. The molecule has 2 aliphatic rings. The number of hydrogen-bond acceptors (Lipinski definition) is 3. The standard InChI is InChI=1S/C22H17N3O2/c26-21-17-11-12-18-20(24(14-23-18)13-15-7-3-1-4-8-15)19(17)22(27)25(21)16-9-5-2-6-10-16/h1-12,14,17,19H,13H2. The number of anilines is 1. The van der Waals surface area contributed by atoms with E-state index in [1.54, 1.807) is 18.5 Å². The number of imide groups is 1. The molecule has 2 unspecified atom stereocenters. The number of aromatic nitrogens is 2. The van der Waals surface area contributed by atoms with Gasteiger partial charge in [0.05, 0.1) is 35.2 Å². The first-order chi connectivity index (χ1) is 13.2. The normalized spacial score (nSPS) is 20.7. The van der Waals surface area contributed by atoms with Crippen molar-refractivity contribution in [3.05, 3.63) is 90.0 Å². The monoisotopic (exact) mass is 355 g/mol. The smallest absolute Gasteiger partial charge is 0.244 e. The molecular formula is C22H17N3O2. The fourth-order valence-electron chi connectivity index (χ4n) is 3.98. The van der Waals surface area contributed by atoms with Crippen molar-refractivity contribution < 1.29 is 9.59 Å². The SMILES string of the molecule is O=C1C2C=Cc3ncn(Cc4ccccc4)c3C2C(=O)N1c1ccccc1. The molecule has 5 heteroatoms. The summed E-state index contributed by atoms with van der Waals surface area (Å²) < 4.78 is 1.99. The van der Waals surface area contributed by atoms with Crippen LogP contribution in [-0.2, 0) is 16.1 Å². The minimum Gasteiger partial charge on any atom is -0.329 e. The predicted molar refractivity (Wildman–Crippen MR) is 102 cm³/mol. The molecule has 0 radical (unpaired) electrons. The number of fused-ring (bicyclic) bond motifs is 3. The summed E-state index contributed by atoms with van der Waals surface area (Å²) in [4.78, 5) is 32.0. The number of hydrogen-bond donors (Lipinski definition) is 0. The molecule has 1 saturated heterocycles. The van der Waals surface area contributed by atoms with Gasteiger partial charge >= 0.3 is 0 Å². The minimum atomic E-state index is -0.524. The maximum Gasteiger partial charge on any atom is 0.244 e. The molecular weight excluding hydrogens is 338 g/mol. The van der Waals surface area contributed by atoms with Crippen molar-refractivity contribution in [3.8, 4) is 0 Å². The van der Waals surface area contributed by atoms with Crippen molar-refractivity contribution in [1.82, 2.24) is 9.55 Å². The summed E-state index contributed by atoms with van der Waals surface area (Å²) in [5, 5.41) is 0. The van der Waals surface area contributed by atoms with Crippen molar-refractivity contribution >= 4 is 23.6 Å². The summed E-state index contributed by atoms with van der Waals surface area (Å²) in [6.45, 7) is 0.618. The molecule has 2 aromatic carbocycles. The summed E-state index contributed by atoms with van der Waals surface area (Å²) >= 11 is 0. The fraction of sp³-hybridized carbons (Fsp3) is 0.136. The van der Waals surface area contributed by atoms with E-state index >= 15 is 0 Å². The van der Waals surface area contributed by atoms with Gasteiger partial charge in [-0.3, -0.25) is 9.59 Å². The molecule has 27 heavy (non-hydrogen) atoms. The van der Waals surface area contributed by atoms with Gasteiger partial charge in [0.1, 0.15) is 0 Å². The van der Waals surface area contributed by atoms with Crippen LogP contribution >= 0.6 is 0 Å². The van der Waals surface area contributed by atoms with Crippen LogP contribution < -0.4 is 4.90 Å². The Balaban J connectivity index is 1.56. The molecule has 5 nitrogen and oxygen atoms in total. The summed E-state index contributed by atoms with van der Waals surface area (Å²) in [6.07, 6.45) is 5.43. The summed E-state index contributed by atoms with van der Waals surface area (Å²) in [6, 6.07) is 19.2. The van der Waals surface area contributed by atoms with Gasteiger partial charge in [-0.1, -0.05) is 54.6 Å². The number of rotatable bonds is 3. The highest BCUT2D eigenvalue weighted by molar-refractivity contribution is 6.24. The Morgan fingerprint density at radius 1 is 0.889 bits per heavy atom. The third-order valence-electron chi connectivity index (χ3n) is 5.23. The lowest BCUT2D eigenvalue weighted by Gasteiger charge is -2.19. The zero-order valence-electron chi connectivity index (χ0n) is 14.5. The maximum absolute atomic E-state index is 13.2. The fourth-order valence-corrected chi connectivity index (χ4v) is 3.98. The molecule has 5 rings (SSSR count). The van der Waals surface area contributed by atoms with Crippen molar-refractivity contribution in [1.29, 1.82) is 0 Å². The molecule has 132 valence electrons. The second-order valence-electron chi connectivity index (χ2n) is 6.84. The average Bonchev–Trinajstić information content (AvgIpc) is 3.22. The lowest BCUT2D eigenvalue weighted by atomic mass is 9.86. The first-order valence-corrected chi connectivity index (χ1v) is 8.94. The number of carbonyl (C=O) groups is 2. The van der Waals surface area contributed by atoms with Gasteiger partial charge in [0.25, 0.3) is 0 Å². The van der Waals surface area contributed by atoms with Crippen molar-refractivity contribution in [3.63, 3.8) is 0 Å². The minimum absolute atomic E-state index is 0.175. The van der Waals surface area contributed by atoms with Crippen molar-refractivity contribution in [2.45, 2.75) is 12.5 Å². The Hall–Kier alpha value is -3.47. The van der Waals surface area contributed by atoms with Crippen LogP contribution in [0.5, 0.6) is 0 Å². The van der Waals surface area contributed by atoms with Crippen LogP contribution in [0, 0.1) is 5.92 Å². The third-order valence-corrected chi connectivity index (χ3v) is 5.23. The van der Waals surface area contributed by atoms with E-state index in [4.69, 9.17) is 0 Å². The van der Waals surface area contributed by atoms with E-state index in [0.29, 0.717) is 12.2 Å². The lowest BCUT2D eigenvalue weighted by molar-refractivity contribution is -0.121. The van der Waals surface area contributed by atoms with E-state index in [-0.39, 0.29) is 11.8 Å². The van der Waals surface area contributed by atoms with Crippen LogP contribution in [0.4, 0.5) is 5.69 Å². The van der Waals surface area contributed by atoms with Crippen LogP contribution in [0.3, 0.4) is 0 Å². The van der Waals surface area contributed by atoms with Gasteiger partial charge in [-0.05, 0) is 23.8 Å². The number of benzene rings is 2. The van der Waals surface area contributed by atoms with Gasteiger partial charge in [0, 0.05) is 6.54 Å². The average molecular weight is 355 g/mol. The number of para-hydroxylation sites is 1. The van der Waals surface area contributed by atoms with E-state index in [2.05, 4.69) is 4.98 Å². The van der Waals surface area contributed by atoms with Gasteiger partial charge in [0.2, 0.25) is 11.8 Å². The van der Waals surface area contributed by atoms with Crippen LogP contribution in [0.2, 0.25) is 0 Å². The second-order valence-corrected chi connectivity index (χ2v) is 6.84. The number of imidazole rings is 1. The predicted octanol–water partition coefficient (Wildman–Crippen LogP) is 3.23. The highest BCUT2D eigenvalue weighted by Gasteiger charge is 2.51. The molecule has 3 aromatic rings. The lowest BCUT2D eigenvalue weighted by Crippen LogP contribution is -2.30. The molecule has 0 spiro atoms. The first-order valence-electron chi connectivity index (χ1n) is 8.94. The van der Waals surface area contributed by atoms with E-state index in [1.807, 2.05) is 65.3 Å². The zero-order valence-corrected chi connectivity index (χ0v) is 14.5. The summed E-state index contributed by atoms with van der Waals surface area (Å²) in [5.41, 5.74) is 3.33. The molecule has 0 saturated carbocycles. The van der Waals surface area contributed by atoms with Gasteiger partial charge in [-0.25, -0.2) is 9.88 Å². The van der Waals surface area contributed by atoms with Gasteiger partial charge in [-0.15, -0.1) is 0 Å². The summed E-state index contributed by atoms with van der Waals surface area (Å²) in [5.74, 6) is -1.36. The third kappa shape index (κ3) is 2.43. The molecule has 0 bridgehead atoms. The molecule has 1 aliphatic carbocycles. The number of carbonyl (C=O) groups excluding carboxylic acids is 2. The number of nitrogens with zero attached hydrogens (tertiary/aromatic N) is 3. The molecule has 2 atom stereocenters. The maximum atomic E-state index is 13.2. The first kappa shape index (κ1) is 15.8. The summed E-state index contributed by atoms with van der Waals surface area (Å²) in [7, 11) is 0. The van der Waals surface area contributed by atoms with Gasteiger partial charge in [-0.2, -0.15) is 0 Å². The Bertz CT molecular complexity index is 1050. The molecule has 1 fully saturated rings. The van der Waals surface area contributed by atoms with E-state index in [0.717, 1.165) is 17.0 Å². The van der Waals surface area contributed by atoms with Crippen LogP contribution in [0.25, 0.3) is 6.08 Å². The van der Waals surface area contributed by atoms with Gasteiger partial charge in [0.15, 0.2) is 0 Å². The van der Waals surface area contributed by atoms with Gasteiger partial charge < -0.3 is 4.57 Å². The van der Waals surface area contributed by atoms with Crippen LogP contribution in [0.1, 0.15) is 22.9 Å². The van der Waals surface area contributed by atoms with Crippen LogP contribution in [0.15, 0.2) is 73.1 Å². The van der Waals surface area contributed by atoms with Crippen molar-refractivity contribution in [2.24, 2.45) is 5.92 Å². The van der Waals surface area contributed by atoms with E-state index in [1.165, 1.54) is 4.90 Å². The molecule has 2 amide bonds. The quantitative estimate of drug-likeness (QED) is 0.678. The highest BCUT2D eigenvalue weighted by atomic mass is 16.2. The Morgan fingerprint density at radius 3 is 2.33 bits per heavy atom. The Kier molecular flexibility index (Phi) is 3.53. The topological polar surface area (TPSA) is 55.2 Å². The Labute approximate surface area is 156 Å². The van der Waals surface area contributed by atoms with E-state index in [9.17, 15) is 9.59 Å². The molecule has 0 N–H and O–H groups in total. The second kappa shape index (κ2) is 6.06. The van der Waals surface area contributed by atoms with E-state index < -0.39 is 11.8 Å². The highest BCUT2D eigenvalue weighted by Crippen LogP contribution is 2.42. The molecule has 1 aromatic heterocycles. The van der Waals surface area contributed by atoms with Crippen molar-refractivity contribution in [2.75, 3.05) is 4.90 Å². The van der Waals surface area contributed by atoms with Crippen LogP contribution in [-0.4, -0.2) is 21.4 Å². The largest absolute Gasteiger partial charge is 0.329 e. The molecule has 1 aliphatic heterocycles. The molecule has 2 heterocycles.